The molecule has 22 heavy (non-hydrogen) atoms. The average molecular weight is 302 g/mol. The van der Waals surface area contributed by atoms with Gasteiger partial charge in [-0.25, -0.2) is 4.98 Å². The Morgan fingerprint density at radius 1 is 1.45 bits per heavy atom. The Morgan fingerprint density at radius 2 is 2.32 bits per heavy atom. The van der Waals surface area contributed by atoms with Crippen LogP contribution in [0.5, 0.6) is 0 Å². The molecule has 3 rings (SSSR count). The van der Waals surface area contributed by atoms with E-state index >= 15 is 0 Å². The molecule has 0 bridgehead atoms. The van der Waals surface area contributed by atoms with Gasteiger partial charge in [0.15, 0.2) is 0 Å². The summed E-state index contributed by atoms with van der Waals surface area (Å²) in [5.74, 6) is 0.558. The molecule has 1 fully saturated rings. The van der Waals surface area contributed by atoms with Gasteiger partial charge in [0, 0.05) is 26.2 Å². The number of likely N-dealkylation sites (tertiary alicyclic amines) is 1. The van der Waals surface area contributed by atoms with Gasteiger partial charge in [-0.1, -0.05) is 12.1 Å². The lowest BCUT2D eigenvalue weighted by molar-refractivity contribution is 0.131. The Hall–Kier alpha value is -1.92. The van der Waals surface area contributed by atoms with Crippen LogP contribution in [0.1, 0.15) is 12.8 Å². The summed E-state index contributed by atoms with van der Waals surface area (Å²) < 4.78 is 5.14. The molecule has 1 saturated heterocycles. The number of benzene rings is 1. The standard InChI is InChI=1S/C16H22N4O2/c1-22-10-9-20-8-4-5-12(11-20)17-16-18-14-7-3-2-6-13(14)15(21)19-16/h2-3,6-7,12H,4-5,8-11H2,1H3,(H2,17,18,19,21)/t12-/m1/s1. The lowest BCUT2D eigenvalue weighted by Crippen LogP contribution is -2.43. The van der Waals surface area contributed by atoms with Crippen LogP contribution in [0.25, 0.3) is 10.9 Å². The van der Waals surface area contributed by atoms with Crippen molar-refractivity contribution in [3.8, 4) is 0 Å². The first kappa shape index (κ1) is 15.0. The van der Waals surface area contributed by atoms with E-state index in [1.54, 1.807) is 13.2 Å². The molecule has 0 radical (unpaired) electrons. The molecule has 0 amide bonds. The largest absolute Gasteiger partial charge is 0.383 e. The van der Waals surface area contributed by atoms with E-state index in [1.165, 1.54) is 0 Å². The molecule has 0 spiro atoms. The van der Waals surface area contributed by atoms with Crippen LogP contribution in [-0.4, -0.2) is 54.3 Å². The van der Waals surface area contributed by atoms with Crippen LogP contribution in [0.2, 0.25) is 0 Å². The van der Waals surface area contributed by atoms with Gasteiger partial charge in [0.25, 0.3) is 5.56 Å². The highest BCUT2D eigenvalue weighted by Gasteiger charge is 2.20. The second-order valence-electron chi connectivity index (χ2n) is 5.71. The second-order valence-corrected chi connectivity index (χ2v) is 5.71. The van der Waals surface area contributed by atoms with E-state index in [9.17, 15) is 4.79 Å². The molecule has 2 heterocycles. The van der Waals surface area contributed by atoms with E-state index in [4.69, 9.17) is 4.74 Å². The molecular weight excluding hydrogens is 280 g/mol. The van der Waals surface area contributed by atoms with Gasteiger partial charge in [-0.3, -0.25) is 14.7 Å². The van der Waals surface area contributed by atoms with Gasteiger partial charge in [0.05, 0.1) is 17.5 Å². The maximum Gasteiger partial charge on any atom is 0.260 e. The maximum absolute atomic E-state index is 12.1. The fourth-order valence-corrected chi connectivity index (χ4v) is 2.94. The van der Waals surface area contributed by atoms with Gasteiger partial charge in [-0.05, 0) is 31.5 Å². The number of ether oxygens (including phenoxy) is 1. The first-order chi connectivity index (χ1) is 10.8. The number of nitrogens with zero attached hydrogens (tertiary/aromatic N) is 2. The smallest absolute Gasteiger partial charge is 0.260 e. The van der Waals surface area contributed by atoms with E-state index in [-0.39, 0.29) is 5.56 Å². The highest BCUT2D eigenvalue weighted by atomic mass is 16.5. The molecule has 0 saturated carbocycles. The third kappa shape index (κ3) is 3.45. The average Bonchev–Trinajstić information content (AvgIpc) is 2.53. The molecule has 0 aliphatic carbocycles. The zero-order valence-electron chi connectivity index (χ0n) is 12.8. The van der Waals surface area contributed by atoms with Crippen LogP contribution in [0.3, 0.4) is 0 Å². The van der Waals surface area contributed by atoms with Crippen LogP contribution < -0.4 is 10.9 Å². The number of H-pyrrole nitrogens is 1. The van der Waals surface area contributed by atoms with Crippen molar-refractivity contribution in [1.82, 2.24) is 14.9 Å². The monoisotopic (exact) mass is 302 g/mol. The highest BCUT2D eigenvalue weighted by Crippen LogP contribution is 2.14. The number of piperidine rings is 1. The fraction of sp³-hybridized carbons (Fsp3) is 0.500. The van der Waals surface area contributed by atoms with Gasteiger partial charge >= 0.3 is 0 Å². The Morgan fingerprint density at radius 3 is 3.18 bits per heavy atom. The molecule has 2 aromatic rings. The van der Waals surface area contributed by atoms with Crippen molar-refractivity contribution in [2.45, 2.75) is 18.9 Å². The number of hydrogen-bond acceptors (Lipinski definition) is 5. The van der Waals surface area contributed by atoms with Crippen molar-refractivity contribution in [2.24, 2.45) is 0 Å². The van der Waals surface area contributed by atoms with E-state index in [0.29, 0.717) is 17.4 Å². The molecule has 1 aromatic heterocycles. The van der Waals surface area contributed by atoms with Crippen molar-refractivity contribution < 1.29 is 4.74 Å². The molecule has 6 heteroatoms. The number of aromatic nitrogens is 2. The molecule has 1 atom stereocenters. The van der Waals surface area contributed by atoms with E-state index in [2.05, 4.69) is 20.2 Å². The zero-order chi connectivity index (χ0) is 15.4. The molecule has 0 unspecified atom stereocenters. The van der Waals surface area contributed by atoms with Gasteiger partial charge in [0.1, 0.15) is 0 Å². The number of anilines is 1. The molecule has 2 N–H and O–H groups in total. The quantitative estimate of drug-likeness (QED) is 0.875. The molecule has 1 aliphatic heterocycles. The van der Waals surface area contributed by atoms with E-state index < -0.39 is 0 Å². The maximum atomic E-state index is 12.1. The Bertz CT molecular complexity index is 685. The zero-order valence-corrected chi connectivity index (χ0v) is 12.8. The van der Waals surface area contributed by atoms with Crippen LogP contribution in [0.15, 0.2) is 29.1 Å². The van der Waals surface area contributed by atoms with Crippen molar-refractivity contribution in [3.05, 3.63) is 34.6 Å². The summed E-state index contributed by atoms with van der Waals surface area (Å²) in [6.07, 6.45) is 2.22. The molecule has 118 valence electrons. The minimum Gasteiger partial charge on any atom is -0.383 e. The second kappa shape index (κ2) is 6.89. The van der Waals surface area contributed by atoms with Crippen molar-refractivity contribution in [1.29, 1.82) is 0 Å². The fourth-order valence-electron chi connectivity index (χ4n) is 2.94. The van der Waals surface area contributed by atoms with E-state index in [0.717, 1.165) is 44.6 Å². The summed E-state index contributed by atoms with van der Waals surface area (Å²) >= 11 is 0. The number of hydrogen-bond donors (Lipinski definition) is 2. The minimum atomic E-state index is -0.0971. The summed E-state index contributed by atoms with van der Waals surface area (Å²) in [6, 6.07) is 7.70. The van der Waals surface area contributed by atoms with Gasteiger partial charge in [0.2, 0.25) is 5.95 Å². The molecule has 1 aromatic carbocycles. The SMILES string of the molecule is COCCN1CCC[C@@H](Nc2nc3ccccc3c(=O)[nH]2)C1. The number of para-hydroxylation sites is 1. The molecule has 1 aliphatic rings. The lowest BCUT2D eigenvalue weighted by atomic mass is 10.1. The van der Waals surface area contributed by atoms with Crippen molar-refractivity contribution in [3.63, 3.8) is 0 Å². The number of fused-ring (bicyclic) bond motifs is 1. The summed E-state index contributed by atoms with van der Waals surface area (Å²) in [4.78, 5) is 21.8. The van der Waals surface area contributed by atoms with Gasteiger partial charge in [-0.2, -0.15) is 0 Å². The summed E-state index contributed by atoms with van der Waals surface area (Å²) in [6.45, 7) is 3.73. The van der Waals surface area contributed by atoms with E-state index in [1.807, 2.05) is 18.2 Å². The predicted molar refractivity (Wildman–Crippen MR) is 87.3 cm³/mol. The normalized spacial score (nSPS) is 19.4. The summed E-state index contributed by atoms with van der Waals surface area (Å²) in [7, 11) is 1.73. The van der Waals surface area contributed by atoms with Crippen molar-refractivity contribution in [2.75, 3.05) is 38.7 Å². The number of methoxy groups -OCH3 is 1. The predicted octanol–water partition coefficient (Wildman–Crippen LogP) is 1.45. The third-order valence-electron chi connectivity index (χ3n) is 4.07. The third-order valence-corrected chi connectivity index (χ3v) is 4.07. The Balaban J connectivity index is 1.71. The minimum absolute atomic E-state index is 0.0971. The Kier molecular flexibility index (Phi) is 4.70. The first-order valence-electron chi connectivity index (χ1n) is 7.73. The van der Waals surface area contributed by atoms with Gasteiger partial charge < -0.3 is 10.1 Å². The first-order valence-corrected chi connectivity index (χ1v) is 7.73. The number of nitrogens with one attached hydrogen (secondary N) is 2. The number of rotatable bonds is 5. The van der Waals surface area contributed by atoms with Crippen LogP contribution in [0, 0.1) is 0 Å². The number of aromatic amines is 1. The molecule has 6 nitrogen and oxygen atoms in total. The Labute approximate surface area is 129 Å². The topological polar surface area (TPSA) is 70.2 Å². The van der Waals surface area contributed by atoms with Crippen LogP contribution in [0.4, 0.5) is 5.95 Å². The lowest BCUT2D eigenvalue weighted by Gasteiger charge is -2.33. The molecular formula is C16H22N4O2. The highest BCUT2D eigenvalue weighted by molar-refractivity contribution is 5.78. The van der Waals surface area contributed by atoms with Crippen LogP contribution in [-0.2, 0) is 4.74 Å². The summed E-state index contributed by atoms with van der Waals surface area (Å²) in [5, 5.41) is 3.99. The van der Waals surface area contributed by atoms with Crippen molar-refractivity contribution >= 4 is 16.9 Å². The van der Waals surface area contributed by atoms with Crippen LogP contribution >= 0.6 is 0 Å². The summed E-state index contributed by atoms with van der Waals surface area (Å²) in [5.41, 5.74) is 0.626. The van der Waals surface area contributed by atoms with Gasteiger partial charge in [-0.15, -0.1) is 0 Å².